The molecule has 6 heteroatoms. The molecule has 0 saturated heterocycles. The molecular formula is C15H11Cl3N2O. The fraction of sp³-hybridized carbons (Fsp3) is 0.133. The van der Waals surface area contributed by atoms with Crippen LogP contribution in [0.1, 0.15) is 5.56 Å². The molecule has 1 amide bonds. The van der Waals surface area contributed by atoms with Gasteiger partial charge in [0, 0.05) is 17.1 Å². The fourth-order valence-electron chi connectivity index (χ4n) is 2.33. The van der Waals surface area contributed by atoms with E-state index in [9.17, 15) is 4.79 Å². The number of hydrogen-bond donors (Lipinski definition) is 2. The van der Waals surface area contributed by atoms with Crippen molar-refractivity contribution < 1.29 is 4.79 Å². The second-order valence-electron chi connectivity index (χ2n) is 4.79. The number of carbonyl (C=O) groups excluding carboxylic acids is 1. The summed E-state index contributed by atoms with van der Waals surface area (Å²) in [7, 11) is 0. The lowest BCUT2D eigenvalue weighted by Crippen LogP contribution is -2.33. The van der Waals surface area contributed by atoms with Gasteiger partial charge < -0.3 is 10.6 Å². The first-order chi connectivity index (χ1) is 10.0. The second kappa shape index (κ2) is 5.76. The zero-order valence-electron chi connectivity index (χ0n) is 10.8. The van der Waals surface area contributed by atoms with Crippen LogP contribution in [0.25, 0.3) is 0 Å². The van der Waals surface area contributed by atoms with Gasteiger partial charge in [-0.1, -0.05) is 53.0 Å². The Bertz CT molecular complexity index is 670. The van der Waals surface area contributed by atoms with Crippen molar-refractivity contribution in [1.82, 2.24) is 0 Å². The van der Waals surface area contributed by atoms with Crippen LogP contribution in [0.4, 0.5) is 11.4 Å². The Kier molecular flexibility index (Phi) is 3.98. The van der Waals surface area contributed by atoms with Gasteiger partial charge in [0.25, 0.3) is 0 Å². The maximum Gasteiger partial charge on any atom is 0.247 e. The van der Waals surface area contributed by atoms with E-state index in [2.05, 4.69) is 10.6 Å². The Morgan fingerprint density at radius 1 is 1.14 bits per heavy atom. The van der Waals surface area contributed by atoms with E-state index >= 15 is 0 Å². The molecule has 0 radical (unpaired) electrons. The van der Waals surface area contributed by atoms with E-state index in [0.29, 0.717) is 27.2 Å². The summed E-state index contributed by atoms with van der Waals surface area (Å²) in [5.41, 5.74) is 2.47. The summed E-state index contributed by atoms with van der Waals surface area (Å²) in [5, 5.41) is 7.00. The van der Waals surface area contributed by atoms with Crippen molar-refractivity contribution in [2.75, 3.05) is 10.6 Å². The predicted octanol–water partition coefficient (Wildman–Crippen LogP) is 4.62. The average molecular weight is 342 g/mol. The molecule has 0 fully saturated rings. The highest BCUT2D eigenvalue weighted by atomic mass is 35.5. The number of amides is 1. The smallest absolute Gasteiger partial charge is 0.247 e. The number of benzene rings is 2. The second-order valence-corrected chi connectivity index (χ2v) is 6.04. The molecule has 1 unspecified atom stereocenters. The van der Waals surface area contributed by atoms with Crippen molar-refractivity contribution in [1.29, 1.82) is 0 Å². The number of fused-ring (bicyclic) bond motifs is 1. The third-order valence-corrected chi connectivity index (χ3v) is 4.16. The Labute approximate surface area is 137 Å². The fourth-order valence-corrected chi connectivity index (χ4v) is 3.24. The molecule has 0 spiro atoms. The van der Waals surface area contributed by atoms with E-state index in [-0.39, 0.29) is 11.9 Å². The Morgan fingerprint density at radius 2 is 1.81 bits per heavy atom. The van der Waals surface area contributed by atoms with Crippen LogP contribution >= 0.6 is 34.8 Å². The monoisotopic (exact) mass is 340 g/mol. The molecule has 2 aromatic carbocycles. The summed E-state index contributed by atoms with van der Waals surface area (Å²) in [4.78, 5) is 12.3. The molecule has 1 aliphatic heterocycles. The van der Waals surface area contributed by atoms with Gasteiger partial charge in [-0.15, -0.1) is 0 Å². The lowest BCUT2D eigenvalue weighted by molar-refractivity contribution is -0.116. The first-order valence-electron chi connectivity index (χ1n) is 6.34. The normalized spacial score (nSPS) is 16.2. The summed E-state index contributed by atoms with van der Waals surface area (Å²) in [6, 6.07) is 10.6. The van der Waals surface area contributed by atoms with Gasteiger partial charge in [0.05, 0.1) is 15.7 Å². The van der Waals surface area contributed by atoms with Crippen molar-refractivity contribution in [2.45, 2.75) is 12.5 Å². The Morgan fingerprint density at radius 3 is 2.48 bits per heavy atom. The molecule has 1 atom stereocenters. The van der Waals surface area contributed by atoms with Gasteiger partial charge in [-0.2, -0.15) is 0 Å². The SMILES string of the molecule is O=C(Nc1c(Cl)cc(Cl)cc1Cl)C1Cc2ccccc2N1. The lowest BCUT2D eigenvalue weighted by Gasteiger charge is -2.14. The number of halogens is 3. The van der Waals surface area contributed by atoms with E-state index in [1.165, 1.54) is 0 Å². The highest BCUT2D eigenvalue weighted by Crippen LogP contribution is 2.34. The van der Waals surface area contributed by atoms with E-state index in [0.717, 1.165) is 11.3 Å². The molecule has 1 heterocycles. The molecule has 0 saturated carbocycles. The third-order valence-electron chi connectivity index (χ3n) is 3.34. The number of para-hydroxylation sites is 1. The number of anilines is 2. The van der Waals surface area contributed by atoms with Crippen molar-refractivity contribution in [3.8, 4) is 0 Å². The van der Waals surface area contributed by atoms with Crippen LogP contribution in [0, 0.1) is 0 Å². The molecule has 2 aromatic rings. The molecule has 0 aromatic heterocycles. The Balaban J connectivity index is 1.77. The predicted molar refractivity (Wildman–Crippen MR) is 87.7 cm³/mol. The highest BCUT2D eigenvalue weighted by molar-refractivity contribution is 6.42. The zero-order valence-corrected chi connectivity index (χ0v) is 13.1. The minimum absolute atomic E-state index is 0.183. The third kappa shape index (κ3) is 2.95. The van der Waals surface area contributed by atoms with E-state index in [1.807, 2.05) is 24.3 Å². The van der Waals surface area contributed by atoms with Crippen molar-refractivity contribution in [3.63, 3.8) is 0 Å². The van der Waals surface area contributed by atoms with Crippen LogP contribution in [-0.2, 0) is 11.2 Å². The van der Waals surface area contributed by atoms with Crippen LogP contribution in [0.3, 0.4) is 0 Å². The topological polar surface area (TPSA) is 41.1 Å². The zero-order chi connectivity index (χ0) is 15.0. The molecule has 2 N–H and O–H groups in total. The number of nitrogens with one attached hydrogen (secondary N) is 2. The van der Waals surface area contributed by atoms with Crippen LogP contribution < -0.4 is 10.6 Å². The van der Waals surface area contributed by atoms with Crippen molar-refractivity contribution >= 4 is 52.1 Å². The first kappa shape index (κ1) is 14.5. The minimum atomic E-state index is -0.342. The van der Waals surface area contributed by atoms with Crippen molar-refractivity contribution in [3.05, 3.63) is 57.0 Å². The number of rotatable bonds is 2. The van der Waals surface area contributed by atoms with Gasteiger partial charge in [0.1, 0.15) is 6.04 Å². The standard InChI is InChI=1S/C15H11Cl3N2O/c16-9-6-10(17)14(11(18)7-9)20-15(21)13-5-8-3-1-2-4-12(8)19-13/h1-4,6-7,13,19H,5H2,(H,20,21). The largest absolute Gasteiger partial charge is 0.373 e. The maximum atomic E-state index is 12.3. The van der Waals surface area contributed by atoms with Crippen LogP contribution in [0.5, 0.6) is 0 Å². The van der Waals surface area contributed by atoms with Crippen LogP contribution in [-0.4, -0.2) is 11.9 Å². The lowest BCUT2D eigenvalue weighted by atomic mass is 10.1. The molecule has 3 rings (SSSR count). The summed E-state index contributed by atoms with van der Waals surface area (Å²) in [5.74, 6) is -0.183. The van der Waals surface area contributed by atoms with Gasteiger partial charge in [0.15, 0.2) is 0 Å². The van der Waals surface area contributed by atoms with Crippen molar-refractivity contribution in [2.24, 2.45) is 0 Å². The summed E-state index contributed by atoms with van der Waals surface area (Å²) >= 11 is 18.0. The molecule has 21 heavy (non-hydrogen) atoms. The minimum Gasteiger partial charge on any atom is -0.373 e. The van der Waals surface area contributed by atoms with Crippen LogP contribution in [0.2, 0.25) is 15.1 Å². The average Bonchev–Trinajstić information content (AvgIpc) is 2.86. The van der Waals surface area contributed by atoms with Gasteiger partial charge in [-0.05, 0) is 23.8 Å². The number of hydrogen-bond acceptors (Lipinski definition) is 2. The molecule has 108 valence electrons. The van der Waals surface area contributed by atoms with Crippen LogP contribution in [0.15, 0.2) is 36.4 Å². The maximum absolute atomic E-state index is 12.3. The summed E-state index contributed by atoms with van der Waals surface area (Å²) in [6.45, 7) is 0. The van der Waals surface area contributed by atoms with Gasteiger partial charge in [0.2, 0.25) is 5.91 Å². The van der Waals surface area contributed by atoms with Gasteiger partial charge >= 0.3 is 0 Å². The Hall–Kier alpha value is -1.42. The molecular weight excluding hydrogens is 331 g/mol. The summed E-state index contributed by atoms with van der Waals surface area (Å²) < 4.78 is 0. The first-order valence-corrected chi connectivity index (χ1v) is 7.48. The highest BCUT2D eigenvalue weighted by Gasteiger charge is 2.27. The molecule has 1 aliphatic rings. The quantitative estimate of drug-likeness (QED) is 0.836. The number of carbonyl (C=O) groups is 1. The molecule has 0 aliphatic carbocycles. The van der Waals surface area contributed by atoms with E-state index < -0.39 is 0 Å². The summed E-state index contributed by atoms with van der Waals surface area (Å²) in [6.07, 6.45) is 0.630. The molecule has 3 nitrogen and oxygen atoms in total. The molecule has 0 bridgehead atoms. The van der Waals surface area contributed by atoms with E-state index in [4.69, 9.17) is 34.8 Å². The van der Waals surface area contributed by atoms with Gasteiger partial charge in [-0.3, -0.25) is 4.79 Å². The van der Waals surface area contributed by atoms with E-state index in [1.54, 1.807) is 12.1 Å². The van der Waals surface area contributed by atoms with Gasteiger partial charge in [-0.25, -0.2) is 0 Å².